The Morgan fingerprint density at radius 3 is 1.67 bits per heavy atom. The van der Waals surface area contributed by atoms with Crippen LogP contribution in [0.1, 0.15) is 47.1 Å². The van der Waals surface area contributed by atoms with Crippen molar-refractivity contribution >= 4 is 12.3 Å². The fourth-order valence-electron chi connectivity index (χ4n) is 2.13. The average molecular weight is 287 g/mol. The molecule has 0 atom stereocenters. The van der Waals surface area contributed by atoms with Crippen molar-refractivity contribution in [3.05, 3.63) is 23.9 Å². The second-order valence-corrected chi connectivity index (χ2v) is 5.95. The van der Waals surface area contributed by atoms with Crippen LogP contribution in [0.3, 0.4) is 0 Å². The molecule has 0 fully saturated rings. The molecule has 1 heterocycles. The second-order valence-electron chi connectivity index (χ2n) is 5.95. The molecule has 114 valence electrons. The van der Waals surface area contributed by atoms with Gasteiger partial charge in [-0.15, -0.1) is 0 Å². The van der Waals surface area contributed by atoms with E-state index in [0.29, 0.717) is 5.59 Å². The molecule has 0 saturated heterocycles. The molecule has 21 heavy (non-hydrogen) atoms. The minimum atomic E-state index is -2.05. The number of nitrogens with zero attached hydrogens (tertiary/aromatic N) is 1. The van der Waals surface area contributed by atoms with E-state index in [2.05, 4.69) is 4.98 Å². The van der Waals surface area contributed by atoms with Gasteiger partial charge < -0.3 is 14.0 Å². The van der Waals surface area contributed by atoms with Crippen LogP contribution in [0.25, 0.3) is 0 Å². The van der Waals surface area contributed by atoms with Gasteiger partial charge in [-0.3, -0.25) is 4.98 Å². The summed E-state index contributed by atoms with van der Waals surface area (Å²) in [6, 6.07) is 3.91. The molecule has 4 nitrogen and oxygen atoms in total. The van der Waals surface area contributed by atoms with Crippen molar-refractivity contribution < 1.29 is 32.8 Å². The predicted molar refractivity (Wildman–Crippen MR) is 83.0 cm³/mol. The molecule has 1 aromatic heterocycles. The zero-order valence-corrected chi connectivity index (χ0v) is 14.7. The number of hydrogen-bond acceptors (Lipinski definition) is 4. The summed E-state index contributed by atoms with van der Waals surface area (Å²) in [7, 11) is 0. The van der Waals surface area contributed by atoms with E-state index in [1.807, 2.05) is 60.6 Å². The number of aromatic nitrogens is 1. The summed E-state index contributed by atoms with van der Waals surface area (Å²) in [5.41, 5.74) is 1.81. The molecule has 0 aromatic carbocycles. The van der Waals surface area contributed by atoms with E-state index < -0.39 is 6.75 Å². The van der Waals surface area contributed by atoms with Gasteiger partial charge in [-0.1, -0.05) is 11.6 Å². The van der Waals surface area contributed by atoms with E-state index >= 15 is 0 Å². The molecular formula is C15H27BLiNO3. The third-order valence-corrected chi connectivity index (χ3v) is 2.65. The van der Waals surface area contributed by atoms with Gasteiger partial charge >= 0.3 is 25.6 Å². The Morgan fingerprint density at radius 1 is 0.905 bits per heavy atom. The maximum Gasteiger partial charge on any atom is 1.00 e. The minimum Gasteiger partial charge on any atom is -0.538 e. The molecular weight excluding hydrogens is 260 g/mol. The number of aryl methyl sites for hydroxylation is 1. The summed E-state index contributed by atoms with van der Waals surface area (Å²) < 4.78 is 18.2. The van der Waals surface area contributed by atoms with Gasteiger partial charge in [-0.05, 0) is 60.1 Å². The summed E-state index contributed by atoms with van der Waals surface area (Å²) in [5.74, 6) is 0. The smallest absolute Gasteiger partial charge is 0.538 e. The predicted octanol–water partition coefficient (Wildman–Crippen LogP) is -0.185. The van der Waals surface area contributed by atoms with Gasteiger partial charge in [0.2, 0.25) is 0 Å². The van der Waals surface area contributed by atoms with Crippen molar-refractivity contribution in [2.45, 2.75) is 66.8 Å². The maximum absolute atomic E-state index is 6.06. The SMILES string of the molecule is Cc1ccnc([B-](OC(C)C)(OC(C)C)OC(C)C)c1.[Li+]. The molecule has 0 N–H and O–H groups in total. The van der Waals surface area contributed by atoms with Crippen molar-refractivity contribution in [3.63, 3.8) is 0 Å². The zero-order chi connectivity index (χ0) is 15.3. The Bertz CT molecular complexity index is 401. The Hall–Kier alpha value is -0.308. The molecule has 0 aliphatic carbocycles. The normalized spacial score (nSPS) is 12.1. The van der Waals surface area contributed by atoms with Gasteiger partial charge in [0.1, 0.15) is 0 Å². The van der Waals surface area contributed by atoms with Crippen LogP contribution in [-0.2, 0) is 14.0 Å². The molecule has 0 radical (unpaired) electrons. The van der Waals surface area contributed by atoms with Crippen molar-refractivity contribution in [3.8, 4) is 0 Å². The molecule has 6 heteroatoms. The summed E-state index contributed by atoms with van der Waals surface area (Å²) in [4.78, 5) is 4.42. The zero-order valence-electron chi connectivity index (χ0n) is 14.7. The van der Waals surface area contributed by atoms with Crippen LogP contribution >= 0.6 is 0 Å². The maximum atomic E-state index is 6.06. The van der Waals surface area contributed by atoms with E-state index in [9.17, 15) is 0 Å². The van der Waals surface area contributed by atoms with E-state index in [4.69, 9.17) is 14.0 Å². The van der Waals surface area contributed by atoms with Crippen LogP contribution in [0.15, 0.2) is 18.3 Å². The molecule has 0 amide bonds. The third-order valence-electron chi connectivity index (χ3n) is 2.65. The Balaban J connectivity index is 0.00000400. The molecule has 0 aliphatic rings. The Kier molecular flexibility index (Phi) is 8.84. The second kappa shape index (κ2) is 8.97. The van der Waals surface area contributed by atoms with Gasteiger partial charge in [0.15, 0.2) is 0 Å². The van der Waals surface area contributed by atoms with Crippen LogP contribution in [0, 0.1) is 6.92 Å². The third kappa shape index (κ3) is 6.54. The van der Waals surface area contributed by atoms with Crippen molar-refractivity contribution in [1.82, 2.24) is 4.98 Å². The van der Waals surface area contributed by atoms with Gasteiger partial charge in [0.25, 0.3) is 0 Å². The molecule has 0 unspecified atom stereocenters. The first-order chi connectivity index (χ1) is 9.25. The molecule has 0 saturated carbocycles. The van der Waals surface area contributed by atoms with Crippen LogP contribution < -0.4 is 24.5 Å². The summed E-state index contributed by atoms with van der Waals surface area (Å²) >= 11 is 0. The number of pyridine rings is 1. The first-order valence-electron chi connectivity index (χ1n) is 7.35. The van der Waals surface area contributed by atoms with Crippen LogP contribution in [-0.4, -0.2) is 30.1 Å². The first kappa shape index (κ1) is 20.7. The van der Waals surface area contributed by atoms with Crippen molar-refractivity contribution in [2.24, 2.45) is 0 Å². The summed E-state index contributed by atoms with van der Waals surface area (Å²) in [6.07, 6.45) is 1.71. The Morgan fingerprint density at radius 2 is 1.33 bits per heavy atom. The van der Waals surface area contributed by atoms with Crippen LogP contribution in [0.5, 0.6) is 0 Å². The van der Waals surface area contributed by atoms with Gasteiger partial charge in [0, 0.05) is 24.5 Å². The standard InChI is InChI=1S/C15H27BNO3.Li/c1-11(2)18-16(19-12(3)4,20-13(5)6)15-10-14(7)8-9-17-15;/h8-13H,1-7H3;/q-1;+1. The molecule has 0 spiro atoms. The number of hydrogen-bond donors (Lipinski definition) is 0. The number of rotatable bonds is 7. The summed E-state index contributed by atoms with van der Waals surface area (Å²) in [5, 5.41) is 0. The van der Waals surface area contributed by atoms with E-state index in [1.165, 1.54) is 0 Å². The van der Waals surface area contributed by atoms with Gasteiger partial charge in [0.05, 0.1) is 0 Å². The molecule has 1 rings (SSSR count). The first-order valence-corrected chi connectivity index (χ1v) is 7.35. The van der Waals surface area contributed by atoms with Crippen LogP contribution in [0.2, 0.25) is 0 Å². The quantitative estimate of drug-likeness (QED) is 0.652. The molecule has 1 aromatic rings. The van der Waals surface area contributed by atoms with Gasteiger partial charge in [-0.25, -0.2) is 0 Å². The van der Waals surface area contributed by atoms with Crippen LogP contribution in [0.4, 0.5) is 0 Å². The van der Waals surface area contributed by atoms with E-state index in [-0.39, 0.29) is 37.2 Å². The van der Waals surface area contributed by atoms with Crippen molar-refractivity contribution in [2.75, 3.05) is 0 Å². The van der Waals surface area contributed by atoms with E-state index in [1.54, 1.807) is 6.20 Å². The largest absolute Gasteiger partial charge is 1.00 e. The van der Waals surface area contributed by atoms with Gasteiger partial charge in [-0.2, -0.15) is 0 Å². The topological polar surface area (TPSA) is 40.6 Å². The summed E-state index contributed by atoms with van der Waals surface area (Å²) in [6.45, 7) is 11.8. The Labute approximate surface area is 141 Å². The van der Waals surface area contributed by atoms with Crippen molar-refractivity contribution in [1.29, 1.82) is 0 Å². The molecule has 0 aliphatic heterocycles. The minimum absolute atomic E-state index is 0. The monoisotopic (exact) mass is 287 g/mol. The average Bonchev–Trinajstić information content (AvgIpc) is 2.25. The molecule has 0 bridgehead atoms. The fourth-order valence-corrected chi connectivity index (χ4v) is 2.13. The fraction of sp³-hybridized carbons (Fsp3) is 0.667. The van der Waals surface area contributed by atoms with E-state index in [0.717, 1.165) is 5.56 Å².